The molecule has 2 amide bonds. The summed E-state index contributed by atoms with van der Waals surface area (Å²) in [5, 5.41) is 5.94. The molecular formula is C29H31Cl2FN4O5. The van der Waals surface area contributed by atoms with E-state index in [1.165, 1.54) is 36.4 Å². The number of benzene rings is 3. The normalized spacial score (nSPS) is 14.9. The molecule has 0 bridgehead atoms. The number of rotatable bonds is 10. The van der Waals surface area contributed by atoms with Crippen molar-refractivity contribution >= 4 is 52.1 Å². The Morgan fingerprint density at radius 2 is 1.63 bits per heavy atom. The SMILES string of the molecule is CCOc1cc(NC(=O)c2cc(Cl)c(N)cc2OCC)c(Cl)cc1C(=O)NCC1CN(c2ccc(F)cc2)CCO1. The van der Waals surface area contributed by atoms with Crippen LogP contribution in [0.2, 0.25) is 10.0 Å². The van der Waals surface area contributed by atoms with Gasteiger partial charge in [-0.1, -0.05) is 23.2 Å². The molecule has 1 fully saturated rings. The molecule has 9 nitrogen and oxygen atoms in total. The highest BCUT2D eigenvalue weighted by Gasteiger charge is 2.24. The quantitative estimate of drug-likeness (QED) is 0.265. The first kappa shape index (κ1) is 30.2. The van der Waals surface area contributed by atoms with Gasteiger partial charge in [-0.15, -0.1) is 0 Å². The number of amides is 2. The Bertz CT molecular complexity index is 1410. The molecule has 218 valence electrons. The van der Waals surface area contributed by atoms with Crippen molar-refractivity contribution in [3.8, 4) is 11.5 Å². The van der Waals surface area contributed by atoms with E-state index in [-0.39, 0.29) is 69.1 Å². The van der Waals surface area contributed by atoms with Gasteiger partial charge in [-0.25, -0.2) is 4.39 Å². The number of nitrogens with two attached hydrogens (primary N) is 1. The Labute approximate surface area is 247 Å². The van der Waals surface area contributed by atoms with E-state index in [1.807, 2.05) is 0 Å². The van der Waals surface area contributed by atoms with E-state index in [2.05, 4.69) is 15.5 Å². The molecule has 0 saturated carbocycles. The summed E-state index contributed by atoms with van der Waals surface area (Å²) in [6.07, 6.45) is -0.284. The van der Waals surface area contributed by atoms with Crippen molar-refractivity contribution in [2.45, 2.75) is 20.0 Å². The second kappa shape index (κ2) is 13.8. The van der Waals surface area contributed by atoms with Crippen LogP contribution in [0.3, 0.4) is 0 Å². The van der Waals surface area contributed by atoms with E-state index < -0.39 is 11.8 Å². The summed E-state index contributed by atoms with van der Waals surface area (Å²) in [5.41, 5.74) is 7.63. The highest BCUT2D eigenvalue weighted by Crippen LogP contribution is 2.34. The number of nitrogens with one attached hydrogen (secondary N) is 2. The Balaban J connectivity index is 1.47. The molecule has 4 rings (SSSR count). The number of nitrogen functional groups attached to an aromatic ring is 1. The zero-order valence-electron chi connectivity index (χ0n) is 22.6. The second-order valence-corrected chi connectivity index (χ2v) is 9.96. The number of hydrogen-bond donors (Lipinski definition) is 3. The summed E-state index contributed by atoms with van der Waals surface area (Å²) in [4.78, 5) is 28.4. The minimum absolute atomic E-state index is 0.128. The first-order chi connectivity index (χ1) is 19.7. The number of morpholine rings is 1. The lowest BCUT2D eigenvalue weighted by Gasteiger charge is -2.34. The average molecular weight is 605 g/mol. The molecule has 1 saturated heterocycles. The number of carbonyl (C=O) groups excluding carboxylic acids is 2. The minimum atomic E-state index is -0.531. The maximum absolute atomic E-state index is 13.3. The molecule has 12 heteroatoms. The number of ether oxygens (including phenoxy) is 3. The molecule has 3 aromatic carbocycles. The maximum atomic E-state index is 13.3. The number of nitrogens with zero attached hydrogens (tertiary/aromatic N) is 1. The molecular weight excluding hydrogens is 574 g/mol. The topological polar surface area (TPSA) is 115 Å². The van der Waals surface area contributed by atoms with Crippen molar-refractivity contribution in [2.75, 3.05) is 55.4 Å². The Kier molecular flexibility index (Phi) is 10.1. The highest BCUT2D eigenvalue weighted by molar-refractivity contribution is 6.35. The molecule has 1 heterocycles. The molecule has 0 aromatic heterocycles. The first-order valence-electron chi connectivity index (χ1n) is 13.1. The van der Waals surface area contributed by atoms with Crippen molar-refractivity contribution < 1.29 is 28.2 Å². The summed E-state index contributed by atoms with van der Waals surface area (Å²) < 4.78 is 30.4. The van der Waals surface area contributed by atoms with Gasteiger partial charge in [0.25, 0.3) is 11.8 Å². The van der Waals surface area contributed by atoms with Crippen molar-refractivity contribution in [3.63, 3.8) is 0 Å². The van der Waals surface area contributed by atoms with Gasteiger partial charge in [0, 0.05) is 37.5 Å². The molecule has 41 heavy (non-hydrogen) atoms. The summed E-state index contributed by atoms with van der Waals surface area (Å²) in [6, 6.07) is 12.1. The first-order valence-corrected chi connectivity index (χ1v) is 13.9. The Morgan fingerprint density at radius 1 is 1.00 bits per heavy atom. The van der Waals surface area contributed by atoms with Gasteiger partial charge in [0.15, 0.2) is 0 Å². The summed E-state index contributed by atoms with van der Waals surface area (Å²) in [5.74, 6) is -0.739. The molecule has 1 unspecified atom stereocenters. The fourth-order valence-electron chi connectivity index (χ4n) is 4.34. The Hall–Kier alpha value is -3.73. The molecule has 4 N–H and O–H groups in total. The van der Waals surface area contributed by atoms with E-state index in [9.17, 15) is 14.0 Å². The fraction of sp³-hybridized carbons (Fsp3) is 0.310. The third kappa shape index (κ3) is 7.52. The smallest absolute Gasteiger partial charge is 0.259 e. The molecule has 1 aliphatic heterocycles. The average Bonchev–Trinajstić information content (AvgIpc) is 2.96. The predicted octanol–water partition coefficient (Wildman–Crippen LogP) is 5.40. The third-order valence-corrected chi connectivity index (χ3v) is 6.97. The van der Waals surface area contributed by atoms with Crippen LogP contribution in [0.15, 0.2) is 48.5 Å². The number of anilines is 3. The van der Waals surface area contributed by atoms with Crippen LogP contribution in [0.25, 0.3) is 0 Å². The third-order valence-electron chi connectivity index (χ3n) is 6.33. The molecule has 0 spiro atoms. The van der Waals surface area contributed by atoms with Crippen molar-refractivity contribution in [3.05, 3.63) is 75.5 Å². The van der Waals surface area contributed by atoms with E-state index in [4.69, 9.17) is 43.1 Å². The zero-order chi connectivity index (χ0) is 29.5. The van der Waals surface area contributed by atoms with Gasteiger partial charge in [0.2, 0.25) is 0 Å². The van der Waals surface area contributed by atoms with Crippen LogP contribution in [0.5, 0.6) is 11.5 Å². The lowest BCUT2D eigenvalue weighted by atomic mass is 10.1. The Morgan fingerprint density at radius 3 is 2.32 bits per heavy atom. The van der Waals surface area contributed by atoms with Gasteiger partial charge in [-0.05, 0) is 50.2 Å². The zero-order valence-corrected chi connectivity index (χ0v) is 24.2. The summed E-state index contributed by atoms with van der Waals surface area (Å²) in [7, 11) is 0. The van der Waals surface area contributed by atoms with Gasteiger partial charge in [0.1, 0.15) is 17.3 Å². The predicted molar refractivity (Wildman–Crippen MR) is 158 cm³/mol. The maximum Gasteiger partial charge on any atom is 0.259 e. The van der Waals surface area contributed by atoms with Gasteiger partial charge < -0.3 is 35.5 Å². The number of halogens is 3. The summed E-state index contributed by atoms with van der Waals surface area (Å²) >= 11 is 12.6. The second-order valence-electron chi connectivity index (χ2n) is 9.14. The van der Waals surface area contributed by atoms with Crippen LogP contribution >= 0.6 is 23.2 Å². The minimum Gasteiger partial charge on any atom is -0.493 e. The van der Waals surface area contributed by atoms with E-state index in [0.717, 1.165) is 5.69 Å². The lowest BCUT2D eigenvalue weighted by molar-refractivity contribution is 0.0396. The number of carbonyl (C=O) groups is 2. The van der Waals surface area contributed by atoms with Crippen LogP contribution in [0.1, 0.15) is 34.6 Å². The van der Waals surface area contributed by atoms with Crippen molar-refractivity contribution in [2.24, 2.45) is 0 Å². The summed E-state index contributed by atoms with van der Waals surface area (Å²) in [6.45, 7) is 6.02. The standard InChI is InChI=1S/C29H31Cl2FN4O5/c1-3-39-26-13-24(33)22(30)11-21(26)29(38)35-25-14-27(40-4-2)20(12-23(25)31)28(37)34-15-19-16-36(9-10-41-19)18-7-5-17(32)6-8-18/h5-8,11-14,19H,3-4,9-10,15-16,33H2,1-2H3,(H,34,37)(H,35,38). The van der Waals surface area contributed by atoms with Crippen molar-refractivity contribution in [1.29, 1.82) is 0 Å². The molecule has 0 radical (unpaired) electrons. The fourth-order valence-corrected chi connectivity index (χ4v) is 4.72. The molecule has 1 atom stereocenters. The van der Waals surface area contributed by atoms with Crippen LogP contribution in [-0.2, 0) is 4.74 Å². The van der Waals surface area contributed by atoms with Gasteiger partial charge >= 0.3 is 0 Å². The van der Waals surface area contributed by atoms with E-state index in [1.54, 1.807) is 26.0 Å². The monoisotopic (exact) mass is 604 g/mol. The van der Waals surface area contributed by atoms with Gasteiger partial charge in [-0.3, -0.25) is 9.59 Å². The van der Waals surface area contributed by atoms with E-state index >= 15 is 0 Å². The van der Waals surface area contributed by atoms with Gasteiger partial charge in [-0.2, -0.15) is 0 Å². The van der Waals surface area contributed by atoms with Crippen molar-refractivity contribution in [1.82, 2.24) is 5.32 Å². The van der Waals surface area contributed by atoms with Crippen LogP contribution < -0.4 is 30.7 Å². The van der Waals surface area contributed by atoms with Gasteiger partial charge in [0.05, 0.1) is 58.5 Å². The molecule has 0 aliphatic carbocycles. The lowest BCUT2D eigenvalue weighted by Crippen LogP contribution is -2.47. The highest BCUT2D eigenvalue weighted by atomic mass is 35.5. The van der Waals surface area contributed by atoms with E-state index in [0.29, 0.717) is 26.3 Å². The molecule has 1 aliphatic rings. The van der Waals surface area contributed by atoms with Crippen LogP contribution in [0.4, 0.5) is 21.5 Å². The molecule has 3 aromatic rings. The van der Waals surface area contributed by atoms with Crippen LogP contribution in [-0.4, -0.2) is 57.4 Å². The van der Waals surface area contributed by atoms with Crippen LogP contribution in [0, 0.1) is 5.82 Å². The number of hydrogen-bond acceptors (Lipinski definition) is 7. The largest absolute Gasteiger partial charge is 0.493 e.